The van der Waals surface area contributed by atoms with Gasteiger partial charge in [-0.05, 0) is 37.4 Å². The summed E-state index contributed by atoms with van der Waals surface area (Å²) in [7, 11) is -7.71. The number of rotatable bonds is 9. The second-order valence-corrected chi connectivity index (χ2v) is 10.2. The van der Waals surface area contributed by atoms with Crippen molar-refractivity contribution in [2.24, 2.45) is 0 Å². The molecule has 0 saturated heterocycles. The number of alkyl halides is 3. The third-order valence-corrected chi connectivity index (χ3v) is 7.36. The number of carbonyl (C=O) groups is 1. The second-order valence-electron chi connectivity index (χ2n) is 6.48. The van der Waals surface area contributed by atoms with Crippen LogP contribution in [0.1, 0.15) is 5.56 Å². The Balaban J connectivity index is 2.44. The molecule has 31 heavy (non-hydrogen) atoms. The highest BCUT2D eigenvalue weighted by atomic mass is 32.2. The molecule has 0 spiro atoms. The molecule has 170 valence electrons. The molecule has 0 aliphatic rings. The minimum atomic E-state index is -5.06. The first-order valence-electron chi connectivity index (χ1n) is 8.64. The molecule has 13 heteroatoms. The molecule has 0 atom stereocenters. The number of likely N-dealkylation sites (N-methyl/N-ethyl adjacent to an activating group) is 1. The molecule has 0 heterocycles. The minimum Gasteiger partial charge on any atom is -0.549 e. The van der Waals surface area contributed by atoms with E-state index in [2.05, 4.69) is 0 Å². The zero-order valence-electron chi connectivity index (χ0n) is 16.1. The average molecular weight is 479 g/mol. The number of hydrogen-bond donors (Lipinski definition) is 1. The summed E-state index contributed by atoms with van der Waals surface area (Å²) in [5.41, 5.74) is -1.53. The van der Waals surface area contributed by atoms with Gasteiger partial charge in [0.05, 0.1) is 26.2 Å². The Morgan fingerprint density at radius 1 is 1.03 bits per heavy atom. The van der Waals surface area contributed by atoms with Gasteiger partial charge in [0.25, 0.3) is 0 Å². The van der Waals surface area contributed by atoms with Crippen LogP contribution in [0.3, 0.4) is 0 Å². The van der Waals surface area contributed by atoms with Crippen LogP contribution in [-0.2, 0) is 30.8 Å². The number of nitrogens with zero attached hydrogens (tertiary/aromatic N) is 1. The lowest BCUT2D eigenvalue weighted by Crippen LogP contribution is -2.40. The van der Waals surface area contributed by atoms with E-state index in [-0.39, 0.29) is 11.4 Å². The largest absolute Gasteiger partial charge is 0.549 e. The zero-order chi connectivity index (χ0) is 23.4. The van der Waals surface area contributed by atoms with E-state index in [1.54, 1.807) is 6.07 Å². The Labute approximate surface area is 177 Å². The molecule has 2 aromatic rings. The van der Waals surface area contributed by atoms with Gasteiger partial charge in [-0.2, -0.15) is 13.2 Å². The summed E-state index contributed by atoms with van der Waals surface area (Å²) < 4.78 is 92.7. The summed E-state index contributed by atoms with van der Waals surface area (Å²) in [6.07, 6.45) is -5.06. The number of hydrogen-bond acceptors (Lipinski definition) is 7. The number of benzene rings is 2. The van der Waals surface area contributed by atoms with Gasteiger partial charge in [-0.15, -0.1) is 0 Å². The lowest BCUT2D eigenvalue weighted by molar-refractivity contribution is -0.306. The highest BCUT2D eigenvalue weighted by molar-refractivity contribution is 7.91. The minimum absolute atomic E-state index is 0.142. The van der Waals surface area contributed by atoms with Crippen LogP contribution in [0.15, 0.2) is 63.2 Å². The lowest BCUT2D eigenvalue weighted by atomic mass is 10.2. The molecule has 8 nitrogen and oxygen atoms in total. The maximum absolute atomic E-state index is 13.4. The van der Waals surface area contributed by atoms with Crippen LogP contribution in [-0.4, -0.2) is 54.4 Å². The second kappa shape index (κ2) is 9.34. The summed E-state index contributed by atoms with van der Waals surface area (Å²) in [5.74, 6) is -1.41. The third kappa shape index (κ3) is 6.26. The van der Waals surface area contributed by atoms with Gasteiger partial charge in [-0.3, -0.25) is 4.90 Å². The van der Waals surface area contributed by atoms with Gasteiger partial charge in [0.1, 0.15) is 0 Å². The number of carboxylic acids is 1. The number of nitrogens with one attached hydrogen (secondary N) is 1. The van der Waals surface area contributed by atoms with Gasteiger partial charge in [0.15, 0.2) is 0 Å². The molecule has 0 radical (unpaired) electrons. The van der Waals surface area contributed by atoms with Gasteiger partial charge < -0.3 is 9.90 Å². The first-order chi connectivity index (χ1) is 14.2. The van der Waals surface area contributed by atoms with Crippen molar-refractivity contribution >= 4 is 25.8 Å². The molecular weight excluding hydrogens is 461 g/mol. The fourth-order valence-corrected chi connectivity index (χ4v) is 5.26. The molecule has 0 saturated carbocycles. The summed E-state index contributed by atoms with van der Waals surface area (Å²) in [4.78, 5) is 9.61. The first kappa shape index (κ1) is 24.8. The Morgan fingerprint density at radius 3 is 2.19 bits per heavy atom. The van der Waals surface area contributed by atoms with Crippen LogP contribution in [0.5, 0.6) is 0 Å². The summed E-state index contributed by atoms with van der Waals surface area (Å²) >= 11 is 0. The topological polar surface area (TPSA) is 124 Å². The number of sulfonamides is 1. The maximum atomic E-state index is 13.4. The van der Waals surface area contributed by atoms with Gasteiger partial charge >= 0.3 is 6.18 Å². The zero-order valence-corrected chi connectivity index (χ0v) is 17.7. The maximum Gasteiger partial charge on any atom is 0.417 e. The van der Waals surface area contributed by atoms with Crippen molar-refractivity contribution in [3.8, 4) is 0 Å². The van der Waals surface area contributed by atoms with Crippen molar-refractivity contribution in [2.75, 3.05) is 26.7 Å². The molecule has 0 unspecified atom stereocenters. The summed E-state index contributed by atoms with van der Waals surface area (Å²) in [6.45, 7) is -1.07. The Hall–Kier alpha value is -2.48. The van der Waals surface area contributed by atoms with Gasteiger partial charge in [0.2, 0.25) is 19.9 Å². The summed E-state index contributed by atoms with van der Waals surface area (Å²) in [5, 5.41) is 10.5. The quantitative estimate of drug-likeness (QED) is 0.555. The molecule has 0 fully saturated rings. The molecule has 0 amide bonds. The lowest BCUT2D eigenvalue weighted by Gasteiger charge is -2.18. The fraction of sp³-hybridized carbons (Fsp3) is 0.278. The van der Waals surface area contributed by atoms with Crippen molar-refractivity contribution in [2.45, 2.75) is 20.9 Å². The van der Waals surface area contributed by atoms with E-state index in [4.69, 9.17) is 0 Å². The van der Waals surface area contributed by atoms with Gasteiger partial charge in [-0.25, -0.2) is 21.6 Å². The average Bonchev–Trinajstić information content (AvgIpc) is 2.66. The number of carbonyl (C=O) groups excluding carboxylic acids is 1. The fourth-order valence-electron chi connectivity index (χ4n) is 2.61. The molecule has 2 rings (SSSR count). The van der Waals surface area contributed by atoms with E-state index in [1.807, 2.05) is 4.72 Å². The van der Waals surface area contributed by atoms with E-state index in [0.717, 1.165) is 0 Å². The van der Waals surface area contributed by atoms with Crippen molar-refractivity contribution in [3.63, 3.8) is 0 Å². The molecule has 1 N–H and O–H groups in total. The normalized spacial score (nSPS) is 12.8. The summed E-state index contributed by atoms with van der Waals surface area (Å²) in [6, 6.07) is 8.38. The number of halogens is 3. The Kier molecular flexibility index (Phi) is 7.47. The van der Waals surface area contributed by atoms with Gasteiger partial charge in [-0.1, -0.05) is 18.2 Å². The molecule has 0 aliphatic heterocycles. The molecule has 0 aliphatic carbocycles. The van der Waals surface area contributed by atoms with Crippen molar-refractivity contribution in [1.82, 2.24) is 9.62 Å². The highest BCUT2D eigenvalue weighted by Crippen LogP contribution is 2.36. The molecule has 0 aromatic heterocycles. The van der Waals surface area contributed by atoms with E-state index in [1.165, 1.54) is 36.2 Å². The van der Waals surface area contributed by atoms with Gasteiger partial charge in [0, 0.05) is 19.6 Å². The van der Waals surface area contributed by atoms with Crippen LogP contribution in [0.25, 0.3) is 0 Å². The van der Waals surface area contributed by atoms with Crippen LogP contribution in [0.2, 0.25) is 0 Å². The highest BCUT2D eigenvalue weighted by Gasteiger charge is 2.38. The van der Waals surface area contributed by atoms with Crippen molar-refractivity contribution in [3.05, 3.63) is 54.1 Å². The molecule has 0 bridgehead atoms. The van der Waals surface area contributed by atoms with Crippen molar-refractivity contribution in [1.29, 1.82) is 0 Å². The SMILES string of the molecule is CN(CCNS(=O)(=O)c1cc(S(=O)(=O)c2ccccc2)ccc1C(F)(F)F)CC(=O)[O-]. The smallest absolute Gasteiger partial charge is 0.417 e. The number of aliphatic carboxylic acids is 1. The van der Waals surface area contributed by atoms with Crippen LogP contribution in [0.4, 0.5) is 13.2 Å². The predicted octanol–water partition coefficient (Wildman–Crippen LogP) is 0.498. The van der Waals surface area contributed by atoms with Crippen LogP contribution >= 0.6 is 0 Å². The first-order valence-corrected chi connectivity index (χ1v) is 11.6. The Bertz CT molecular complexity index is 1150. The standard InChI is InChI=1S/C18H19F3N2O6S2/c1-23(12-17(24)25)10-9-22-31(28,29)16-11-14(7-8-15(16)18(19,20)21)30(26,27)13-5-3-2-4-6-13/h2-8,11,22H,9-10,12H2,1H3,(H,24,25)/p-1. The number of sulfone groups is 1. The monoisotopic (exact) mass is 479 g/mol. The predicted molar refractivity (Wildman–Crippen MR) is 101 cm³/mol. The molecule has 2 aromatic carbocycles. The Morgan fingerprint density at radius 2 is 1.65 bits per heavy atom. The number of carboxylic acid groups (broad SMARTS) is 1. The molecular formula is C18H18F3N2O6S2-. The van der Waals surface area contributed by atoms with E-state index in [0.29, 0.717) is 18.2 Å². The van der Waals surface area contributed by atoms with Crippen LogP contribution < -0.4 is 9.83 Å². The van der Waals surface area contributed by atoms with Crippen LogP contribution in [0, 0.1) is 0 Å². The van der Waals surface area contributed by atoms with E-state index in [9.17, 15) is 39.9 Å². The third-order valence-electron chi connectivity index (χ3n) is 4.10. The van der Waals surface area contributed by atoms with Crippen molar-refractivity contribution < 1.29 is 39.9 Å². The van der Waals surface area contributed by atoms with E-state index < -0.39 is 60.5 Å². The van der Waals surface area contributed by atoms with E-state index >= 15 is 0 Å².